The lowest BCUT2D eigenvalue weighted by Crippen LogP contribution is -2.30. The molecule has 0 aliphatic heterocycles. The molecule has 13 heavy (non-hydrogen) atoms. The SMILES string of the molecule is CC(N)CC(C)C(=O)OC(C)(C)C. The van der Waals surface area contributed by atoms with E-state index in [1.807, 2.05) is 34.6 Å². The molecule has 0 aromatic heterocycles. The zero-order valence-electron chi connectivity index (χ0n) is 9.26. The third kappa shape index (κ3) is 6.58. The molecule has 2 N–H and O–H groups in total. The van der Waals surface area contributed by atoms with Gasteiger partial charge in [0.25, 0.3) is 0 Å². The minimum absolute atomic E-state index is 0.0440. The molecule has 0 spiro atoms. The van der Waals surface area contributed by atoms with Crippen LogP contribution in [-0.2, 0) is 9.53 Å². The highest BCUT2D eigenvalue weighted by Gasteiger charge is 2.22. The van der Waals surface area contributed by atoms with Gasteiger partial charge in [0, 0.05) is 6.04 Å². The van der Waals surface area contributed by atoms with Crippen LogP contribution in [0.15, 0.2) is 0 Å². The number of hydrogen-bond acceptors (Lipinski definition) is 3. The molecule has 0 heterocycles. The molecule has 0 radical (unpaired) electrons. The summed E-state index contributed by atoms with van der Waals surface area (Å²) >= 11 is 0. The zero-order chi connectivity index (χ0) is 10.6. The Balaban J connectivity index is 3.97. The fourth-order valence-electron chi connectivity index (χ4n) is 1.06. The smallest absolute Gasteiger partial charge is 0.309 e. The lowest BCUT2D eigenvalue weighted by atomic mass is 10.0. The van der Waals surface area contributed by atoms with Crippen LogP contribution in [0.3, 0.4) is 0 Å². The number of hydrogen-bond donors (Lipinski definition) is 1. The van der Waals surface area contributed by atoms with Crippen molar-refractivity contribution < 1.29 is 9.53 Å². The Morgan fingerprint density at radius 3 is 2.15 bits per heavy atom. The molecule has 0 aliphatic rings. The van der Waals surface area contributed by atoms with Crippen LogP contribution in [-0.4, -0.2) is 17.6 Å². The van der Waals surface area contributed by atoms with E-state index in [1.165, 1.54) is 0 Å². The monoisotopic (exact) mass is 187 g/mol. The van der Waals surface area contributed by atoms with Gasteiger partial charge in [0.2, 0.25) is 0 Å². The van der Waals surface area contributed by atoms with Crippen molar-refractivity contribution in [2.45, 2.75) is 52.7 Å². The van der Waals surface area contributed by atoms with Gasteiger partial charge < -0.3 is 10.5 Å². The lowest BCUT2D eigenvalue weighted by molar-refractivity contribution is -0.159. The Morgan fingerprint density at radius 2 is 1.85 bits per heavy atom. The van der Waals surface area contributed by atoms with Crippen molar-refractivity contribution >= 4 is 5.97 Å². The standard InChI is InChI=1S/C10H21NO2/c1-7(6-8(2)11)9(12)13-10(3,4)5/h7-8H,6,11H2,1-5H3. The van der Waals surface area contributed by atoms with Crippen LogP contribution in [0, 0.1) is 5.92 Å². The average molecular weight is 187 g/mol. The predicted octanol–water partition coefficient (Wildman–Crippen LogP) is 1.70. The van der Waals surface area contributed by atoms with E-state index >= 15 is 0 Å². The van der Waals surface area contributed by atoms with Gasteiger partial charge in [-0.15, -0.1) is 0 Å². The van der Waals surface area contributed by atoms with Crippen molar-refractivity contribution in [2.75, 3.05) is 0 Å². The number of carbonyl (C=O) groups excluding carboxylic acids is 1. The molecule has 78 valence electrons. The molecule has 0 saturated carbocycles. The predicted molar refractivity (Wildman–Crippen MR) is 53.3 cm³/mol. The van der Waals surface area contributed by atoms with Crippen LogP contribution in [0.4, 0.5) is 0 Å². The van der Waals surface area contributed by atoms with Gasteiger partial charge in [-0.2, -0.15) is 0 Å². The summed E-state index contributed by atoms with van der Waals surface area (Å²) in [5.41, 5.74) is 5.19. The topological polar surface area (TPSA) is 52.3 Å². The van der Waals surface area contributed by atoms with Crippen LogP contribution < -0.4 is 5.73 Å². The fraction of sp³-hybridized carbons (Fsp3) is 0.900. The Labute approximate surface area is 80.6 Å². The van der Waals surface area contributed by atoms with Gasteiger partial charge in [-0.1, -0.05) is 6.92 Å². The van der Waals surface area contributed by atoms with Gasteiger partial charge in [0.1, 0.15) is 5.60 Å². The van der Waals surface area contributed by atoms with Gasteiger partial charge in [-0.05, 0) is 34.1 Å². The highest BCUT2D eigenvalue weighted by molar-refractivity contribution is 5.72. The molecule has 0 fully saturated rings. The van der Waals surface area contributed by atoms with E-state index in [9.17, 15) is 4.79 Å². The van der Waals surface area contributed by atoms with E-state index in [0.29, 0.717) is 6.42 Å². The van der Waals surface area contributed by atoms with Gasteiger partial charge in [0.15, 0.2) is 0 Å². The van der Waals surface area contributed by atoms with E-state index < -0.39 is 5.60 Å². The van der Waals surface area contributed by atoms with Gasteiger partial charge in [-0.3, -0.25) is 4.79 Å². The minimum atomic E-state index is -0.400. The molecule has 0 aromatic carbocycles. The largest absolute Gasteiger partial charge is 0.460 e. The van der Waals surface area contributed by atoms with Crippen molar-refractivity contribution in [3.63, 3.8) is 0 Å². The van der Waals surface area contributed by atoms with Crippen molar-refractivity contribution in [2.24, 2.45) is 11.7 Å². The Hall–Kier alpha value is -0.570. The molecule has 0 bridgehead atoms. The molecule has 3 nitrogen and oxygen atoms in total. The van der Waals surface area contributed by atoms with E-state index in [0.717, 1.165) is 0 Å². The first-order chi connectivity index (χ1) is 5.72. The fourth-order valence-corrected chi connectivity index (χ4v) is 1.06. The third-order valence-corrected chi connectivity index (χ3v) is 1.53. The minimum Gasteiger partial charge on any atom is -0.460 e. The molecule has 0 aromatic rings. The summed E-state index contributed by atoms with van der Waals surface area (Å²) in [4.78, 5) is 11.4. The van der Waals surface area contributed by atoms with Crippen LogP contribution in [0.1, 0.15) is 41.0 Å². The molecule has 3 heteroatoms. The van der Waals surface area contributed by atoms with E-state index in [4.69, 9.17) is 10.5 Å². The summed E-state index contributed by atoms with van der Waals surface area (Å²) in [6.07, 6.45) is 0.676. The summed E-state index contributed by atoms with van der Waals surface area (Å²) in [5.74, 6) is -0.274. The molecule has 0 aliphatic carbocycles. The molecule has 0 rings (SSSR count). The first-order valence-corrected chi connectivity index (χ1v) is 4.71. The molecular weight excluding hydrogens is 166 g/mol. The number of carbonyl (C=O) groups is 1. The molecule has 2 unspecified atom stereocenters. The number of rotatable bonds is 3. The van der Waals surface area contributed by atoms with Crippen LogP contribution >= 0.6 is 0 Å². The summed E-state index contributed by atoms with van der Waals surface area (Å²) < 4.78 is 5.21. The second-order valence-electron chi connectivity index (χ2n) is 4.65. The Bertz CT molecular complexity index is 170. The molecule has 0 amide bonds. The number of nitrogens with two attached hydrogens (primary N) is 1. The summed E-state index contributed by atoms with van der Waals surface area (Å²) in [6, 6.07) is 0.0440. The van der Waals surface area contributed by atoms with Crippen molar-refractivity contribution in [3.05, 3.63) is 0 Å². The highest BCUT2D eigenvalue weighted by atomic mass is 16.6. The quantitative estimate of drug-likeness (QED) is 0.684. The maximum atomic E-state index is 11.4. The van der Waals surface area contributed by atoms with Gasteiger partial charge in [-0.25, -0.2) is 0 Å². The highest BCUT2D eigenvalue weighted by Crippen LogP contribution is 2.13. The second-order valence-corrected chi connectivity index (χ2v) is 4.65. The van der Waals surface area contributed by atoms with Crippen molar-refractivity contribution in [1.29, 1.82) is 0 Å². The number of ether oxygens (including phenoxy) is 1. The third-order valence-electron chi connectivity index (χ3n) is 1.53. The maximum Gasteiger partial charge on any atom is 0.309 e. The molecular formula is C10H21NO2. The maximum absolute atomic E-state index is 11.4. The van der Waals surface area contributed by atoms with E-state index in [1.54, 1.807) is 0 Å². The van der Waals surface area contributed by atoms with Crippen molar-refractivity contribution in [3.8, 4) is 0 Å². The first-order valence-electron chi connectivity index (χ1n) is 4.71. The summed E-state index contributed by atoms with van der Waals surface area (Å²) in [5, 5.41) is 0. The molecule has 2 atom stereocenters. The van der Waals surface area contributed by atoms with Crippen LogP contribution in [0.5, 0.6) is 0 Å². The normalized spacial score (nSPS) is 16.5. The number of esters is 1. The van der Waals surface area contributed by atoms with E-state index in [2.05, 4.69) is 0 Å². The lowest BCUT2D eigenvalue weighted by Gasteiger charge is -2.22. The van der Waals surface area contributed by atoms with Crippen LogP contribution in [0.2, 0.25) is 0 Å². The average Bonchev–Trinajstić information content (AvgIpc) is 1.81. The first kappa shape index (κ1) is 12.4. The zero-order valence-corrected chi connectivity index (χ0v) is 9.26. The summed E-state index contributed by atoms with van der Waals surface area (Å²) in [7, 11) is 0. The summed E-state index contributed by atoms with van der Waals surface area (Å²) in [6.45, 7) is 9.33. The Kier molecular flexibility index (Phi) is 4.40. The van der Waals surface area contributed by atoms with Gasteiger partial charge >= 0.3 is 5.97 Å². The van der Waals surface area contributed by atoms with Crippen molar-refractivity contribution in [1.82, 2.24) is 0 Å². The molecule has 0 saturated heterocycles. The van der Waals surface area contributed by atoms with E-state index in [-0.39, 0.29) is 17.9 Å². The van der Waals surface area contributed by atoms with Crippen LogP contribution in [0.25, 0.3) is 0 Å². The van der Waals surface area contributed by atoms with Gasteiger partial charge in [0.05, 0.1) is 5.92 Å². The second kappa shape index (κ2) is 4.61. The Morgan fingerprint density at radius 1 is 1.38 bits per heavy atom.